The summed E-state index contributed by atoms with van der Waals surface area (Å²) in [4.78, 5) is 0. The molecule has 8 heteroatoms. The predicted molar refractivity (Wildman–Crippen MR) is 83.7 cm³/mol. The van der Waals surface area contributed by atoms with Crippen molar-refractivity contribution in [2.45, 2.75) is 6.10 Å². The fraction of sp³-hybridized carbons (Fsp3) is 0.333. The largest absolute Gasteiger partial charge is 0.491 e. The summed E-state index contributed by atoms with van der Waals surface area (Å²) in [5, 5.41) is 1.56. The van der Waals surface area contributed by atoms with Crippen molar-refractivity contribution in [3.63, 3.8) is 0 Å². The van der Waals surface area contributed by atoms with Crippen molar-refractivity contribution < 1.29 is 13.6 Å². The van der Waals surface area contributed by atoms with E-state index in [4.69, 9.17) is 13.6 Å². The fourth-order valence-electron chi connectivity index (χ4n) is 2.14. The first kappa shape index (κ1) is 12.1. The molecule has 2 unspecified atom stereocenters. The van der Waals surface area contributed by atoms with Crippen molar-refractivity contribution in [1.82, 2.24) is 0 Å². The summed E-state index contributed by atoms with van der Waals surface area (Å²) in [5.74, 6) is 0.986. The Bertz CT molecular complexity index is 363. The Kier molecular flexibility index (Phi) is 4.10. The highest BCUT2D eigenvalue weighted by molar-refractivity contribution is 7.59. The van der Waals surface area contributed by atoms with Crippen LogP contribution in [0.25, 0.3) is 0 Å². The third-order valence-corrected chi connectivity index (χ3v) is 59.5. The molecule has 2 heterocycles. The molecule has 0 bridgehead atoms. The fourth-order valence-corrected chi connectivity index (χ4v) is 88.1. The molecule has 1 aromatic rings. The van der Waals surface area contributed by atoms with E-state index in [9.17, 15) is 0 Å². The summed E-state index contributed by atoms with van der Waals surface area (Å²) in [6, 6.07) is 8.78. The third-order valence-electron chi connectivity index (χ3n) is 3.27. The van der Waals surface area contributed by atoms with Gasteiger partial charge in [-0.3, -0.25) is 0 Å². The van der Waals surface area contributed by atoms with Gasteiger partial charge in [0.05, 0.1) is 6.61 Å². The summed E-state index contributed by atoms with van der Waals surface area (Å²) >= 11 is 0. The highest BCUT2D eigenvalue weighted by Crippen LogP contribution is 2.13. The van der Waals surface area contributed by atoms with Crippen LogP contribution in [0, 0.1) is 0 Å². The van der Waals surface area contributed by atoms with Gasteiger partial charge in [0, 0.05) is 17.1 Å². The van der Waals surface area contributed by atoms with Crippen LogP contribution in [0.4, 0.5) is 0 Å². The first-order valence-corrected chi connectivity index (χ1v) is 23.3. The lowest BCUT2D eigenvalue weighted by Gasteiger charge is -2.20. The minimum Gasteiger partial charge on any atom is -0.491 e. The molecule has 0 N–H and O–H groups in total. The number of benzene rings is 1. The molecule has 92 valence electrons. The Morgan fingerprint density at radius 1 is 1.29 bits per heavy atom. The van der Waals surface area contributed by atoms with Crippen molar-refractivity contribution in [1.29, 1.82) is 0 Å². The van der Waals surface area contributed by atoms with Gasteiger partial charge in [-0.25, -0.2) is 0 Å². The Labute approximate surface area is 112 Å². The molecule has 0 aliphatic carbocycles. The maximum atomic E-state index is 6.19. The monoisotopic (exact) mass is 314 g/mol. The quantitative estimate of drug-likeness (QED) is 0.423. The minimum absolute atomic E-state index is 0.0447. The highest BCUT2D eigenvalue weighted by Gasteiger charge is 2.23. The van der Waals surface area contributed by atoms with Crippen LogP contribution in [-0.2, 0) is 8.85 Å². The van der Waals surface area contributed by atoms with Gasteiger partial charge in [-0.15, -0.1) is 0 Å². The van der Waals surface area contributed by atoms with Crippen molar-refractivity contribution in [3.8, 4) is 5.75 Å². The van der Waals surface area contributed by atoms with Gasteiger partial charge < -0.3 is 13.6 Å². The van der Waals surface area contributed by atoms with Gasteiger partial charge in [-0.2, -0.15) is 0 Å². The standard InChI is InChI=1S/C9H18O3Si5/c1-3-9(17-12-13-14-15-16-17)4-2-7(1)10-5-8-6-11-8/h1-4,8,17H,5-6,13-16H2. The van der Waals surface area contributed by atoms with E-state index < -0.39 is 8.56 Å². The molecule has 1 aromatic carbocycles. The minimum atomic E-state index is -0.816. The molecule has 2 saturated heterocycles. The number of hydrogen-bond acceptors (Lipinski definition) is 3. The summed E-state index contributed by atoms with van der Waals surface area (Å²) in [7, 11) is 0.509. The first-order chi connectivity index (χ1) is 8.42. The van der Waals surface area contributed by atoms with E-state index in [1.54, 1.807) is 5.19 Å². The summed E-state index contributed by atoms with van der Waals surface area (Å²) in [6.07, 6.45) is 0.347. The molecule has 3 rings (SSSR count). The second-order valence-corrected chi connectivity index (χ2v) is 37.4. The Morgan fingerprint density at radius 2 is 2.12 bits per heavy atom. The van der Waals surface area contributed by atoms with E-state index in [0.29, 0.717) is 29.8 Å². The SMILES string of the molecule is c1cc([SiH]2O[SiH2][SiH2][SiH2][SiH2]2)ccc1OCC1CO1. The van der Waals surface area contributed by atoms with Crippen LogP contribution in [0.1, 0.15) is 0 Å². The Morgan fingerprint density at radius 3 is 2.76 bits per heavy atom. The predicted octanol–water partition coefficient (Wildman–Crippen LogP) is -3.74. The molecule has 0 aromatic heterocycles. The second kappa shape index (κ2) is 5.78. The molecular formula is C9H18O3Si5. The van der Waals surface area contributed by atoms with Crippen LogP contribution in [0.3, 0.4) is 0 Å². The van der Waals surface area contributed by atoms with Gasteiger partial charge >= 0.3 is 0 Å². The number of ether oxygens (including phenoxy) is 2. The van der Waals surface area contributed by atoms with Crippen LogP contribution in [0.2, 0.25) is 0 Å². The van der Waals surface area contributed by atoms with Crippen LogP contribution in [-0.4, -0.2) is 62.8 Å². The van der Waals surface area contributed by atoms with E-state index in [2.05, 4.69) is 24.3 Å². The normalized spacial score (nSPS) is 33.4. The molecule has 0 spiro atoms. The molecular weight excluding hydrogens is 297 g/mol. The van der Waals surface area contributed by atoms with Crippen molar-refractivity contribution in [2.24, 2.45) is 0 Å². The molecule has 2 aliphatic heterocycles. The van der Waals surface area contributed by atoms with Gasteiger partial charge in [0.1, 0.15) is 27.7 Å². The zero-order valence-corrected chi connectivity index (χ0v) is 16.7. The molecule has 2 fully saturated rings. The summed E-state index contributed by atoms with van der Waals surface area (Å²) in [6.45, 7) is 1.57. The van der Waals surface area contributed by atoms with Crippen LogP contribution < -0.4 is 9.92 Å². The molecule has 17 heavy (non-hydrogen) atoms. The highest BCUT2D eigenvalue weighted by atomic mass is 29.9. The topological polar surface area (TPSA) is 31.0 Å². The molecule has 0 saturated carbocycles. The second-order valence-electron chi connectivity index (χ2n) is 4.69. The van der Waals surface area contributed by atoms with E-state index in [1.807, 2.05) is 0 Å². The number of epoxide rings is 1. The molecule has 2 atom stereocenters. The van der Waals surface area contributed by atoms with E-state index in [1.165, 1.54) is 0 Å². The smallest absolute Gasteiger partial charge is 0.170 e. The zero-order chi connectivity index (χ0) is 11.5. The average Bonchev–Trinajstić information content (AvgIpc) is 3.22. The van der Waals surface area contributed by atoms with Crippen LogP contribution in [0.15, 0.2) is 24.3 Å². The van der Waals surface area contributed by atoms with Gasteiger partial charge in [-0.05, 0) is 25.9 Å². The van der Waals surface area contributed by atoms with Gasteiger partial charge in [0.15, 0.2) is 8.56 Å². The van der Waals surface area contributed by atoms with Crippen LogP contribution >= 0.6 is 0 Å². The van der Waals surface area contributed by atoms with Crippen molar-refractivity contribution in [3.05, 3.63) is 24.3 Å². The van der Waals surface area contributed by atoms with Gasteiger partial charge in [0.25, 0.3) is 0 Å². The zero-order valence-electron chi connectivity index (χ0n) is 9.93. The lowest BCUT2D eigenvalue weighted by atomic mass is 10.3. The maximum absolute atomic E-state index is 6.19. The van der Waals surface area contributed by atoms with Crippen LogP contribution in [0.5, 0.6) is 5.75 Å². The van der Waals surface area contributed by atoms with E-state index in [-0.39, 0.29) is 17.8 Å². The first-order valence-electron chi connectivity index (χ1n) is 6.38. The maximum Gasteiger partial charge on any atom is 0.170 e. The van der Waals surface area contributed by atoms with Gasteiger partial charge in [-0.1, -0.05) is 12.1 Å². The summed E-state index contributed by atoms with van der Waals surface area (Å²) in [5.41, 5.74) is 0. The Balaban J connectivity index is 1.58. The lowest BCUT2D eigenvalue weighted by Crippen LogP contribution is -2.50. The van der Waals surface area contributed by atoms with E-state index in [0.717, 1.165) is 12.4 Å². The number of rotatable bonds is 4. The van der Waals surface area contributed by atoms with Crippen molar-refractivity contribution >= 4 is 48.7 Å². The molecule has 3 nitrogen and oxygen atoms in total. The molecule has 0 radical (unpaired) electrons. The number of hydrogen-bond donors (Lipinski definition) is 0. The molecule has 2 aliphatic rings. The van der Waals surface area contributed by atoms with Crippen molar-refractivity contribution in [2.75, 3.05) is 13.2 Å². The van der Waals surface area contributed by atoms with E-state index >= 15 is 0 Å². The summed E-state index contributed by atoms with van der Waals surface area (Å²) < 4.78 is 17.0. The van der Waals surface area contributed by atoms with Gasteiger partial charge in [0.2, 0.25) is 0 Å². The lowest BCUT2D eigenvalue weighted by molar-refractivity contribution is 0.263. The average molecular weight is 315 g/mol. The Hall–Kier alpha value is 0.0244. The molecule has 0 amide bonds. The third kappa shape index (κ3) is 3.50.